The third-order valence-corrected chi connectivity index (χ3v) is 3.22. The summed E-state index contributed by atoms with van der Waals surface area (Å²) in [4.78, 5) is 11.8. The molecule has 0 aliphatic carbocycles. The van der Waals surface area contributed by atoms with Crippen LogP contribution in [0.5, 0.6) is 0 Å². The fourth-order valence-corrected chi connectivity index (χ4v) is 1.84. The molecule has 1 N–H and O–H groups in total. The van der Waals surface area contributed by atoms with Crippen LogP contribution in [0.2, 0.25) is 0 Å². The first-order chi connectivity index (χ1) is 8.59. The van der Waals surface area contributed by atoms with Gasteiger partial charge in [-0.1, -0.05) is 34.1 Å². The van der Waals surface area contributed by atoms with E-state index >= 15 is 0 Å². The van der Waals surface area contributed by atoms with Crippen molar-refractivity contribution in [2.24, 2.45) is 5.10 Å². The maximum Gasteiger partial charge on any atom is 0.296 e. The summed E-state index contributed by atoms with van der Waals surface area (Å²) in [6, 6.07) is 7.55. The topological polar surface area (TPSA) is 63.0 Å². The minimum absolute atomic E-state index is 0.161. The third kappa shape index (κ3) is 2.62. The van der Waals surface area contributed by atoms with Gasteiger partial charge in [0.15, 0.2) is 0 Å². The van der Waals surface area contributed by atoms with Crippen molar-refractivity contribution < 1.29 is 0 Å². The number of nitrogens with one attached hydrogen (secondary N) is 1. The van der Waals surface area contributed by atoms with E-state index in [1.807, 2.05) is 24.3 Å². The van der Waals surface area contributed by atoms with Gasteiger partial charge in [0.2, 0.25) is 4.77 Å². The minimum Gasteiger partial charge on any atom is -0.265 e. The number of aromatic nitrogens is 3. The van der Waals surface area contributed by atoms with Crippen LogP contribution in [0, 0.1) is 11.7 Å². The number of hydrogen-bond donors (Lipinski definition) is 1. The van der Waals surface area contributed by atoms with Crippen LogP contribution >= 0.6 is 28.1 Å². The van der Waals surface area contributed by atoms with E-state index in [1.54, 1.807) is 13.1 Å². The molecule has 0 bridgehead atoms. The molecule has 1 aromatic heterocycles. The average molecular weight is 325 g/mol. The van der Waals surface area contributed by atoms with Crippen LogP contribution in [0.4, 0.5) is 0 Å². The second-order valence-electron chi connectivity index (χ2n) is 3.50. The van der Waals surface area contributed by atoms with Gasteiger partial charge in [0, 0.05) is 10.0 Å². The molecule has 18 heavy (non-hydrogen) atoms. The maximum absolute atomic E-state index is 11.8. The van der Waals surface area contributed by atoms with Crippen molar-refractivity contribution in [3.8, 4) is 0 Å². The Balaban J connectivity index is 2.48. The molecule has 1 heterocycles. The van der Waals surface area contributed by atoms with E-state index in [0.717, 1.165) is 14.7 Å². The lowest BCUT2D eigenvalue weighted by atomic mass is 10.2. The summed E-state index contributed by atoms with van der Waals surface area (Å²) >= 11 is 8.36. The molecule has 2 aromatic rings. The van der Waals surface area contributed by atoms with E-state index in [-0.39, 0.29) is 10.3 Å². The van der Waals surface area contributed by atoms with Crippen LogP contribution in [0.1, 0.15) is 11.3 Å². The quantitative estimate of drug-likeness (QED) is 0.680. The van der Waals surface area contributed by atoms with Crippen LogP contribution in [0.15, 0.2) is 38.6 Å². The van der Waals surface area contributed by atoms with Crippen LogP contribution in [-0.2, 0) is 0 Å². The van der Waals surface area contributed by atoms with E-state index < -0.39 is 0 Å². The number of rotatable bonds is 2. The average Bonchev–Trinajstić information content (AvgIpc) is 2.36. The first kappa shape index (κ1) is 12.8. The lowest BCUT2D eigenvalue weighted by Gasteiger charge is -2.00. The first-order valence-electron chi connectivity index (χ1n) is 5.07. The van der Waals surface area contributed by atoms with E-state index in [9.17, 15) is 4.79 Å². The molecule has 0 aliphatic heterocycles. The lowest BCUT2D eigenvalue weighted by Crippen LogP contribution is -2.22. The highest BCUT2D eigenvalue weighted by Gasteiger charge is 2.01. The molecule has 0 saturated carbocycles. The van der Waals surface area contributed by atoms with Gasteiger partial charge in [-0.3, -0.25) is 9.89 Å². The van der Waals surface area contributed by atoms with E-state index in [2.05, 4.69) is 31.2 Å². The summed E-state index contributed by atoms with van der Waals surface area (Å²) in [5, 5.41) is 10.4. The molecule has 0 aliphatic rings. The predicted molar refractivity (Wildman–Crippen MR) is 75.6 cm³/mol. The number of aryl methyl sites for hydroxylation is 1. The van der Waals surface area contributed by atoms with Crippen molar-refractivity contribution in [1.29, 1.82) is 0 Å². The van der Waals surface area contributed by atoms with E-state index in [1.165, 1.54) is 0 Å². The lowest BCUT2D eigenvalue weighted by molar-refractivity contribution is 0.720. The van der Waals surface area contributed by atoms with Gasteiger partial charge in [0.05, 0.1) is 6.21 Å². The number of benzene rings is 1. The van der Waals surface area contributed by atoms with Crippen LogP contribution < -0.4 is 5.56 Å². The number of nitrogens with zero attached hydrogens (tertiary/aromatic N) is 3. The minimum atomic E-state index is -0.331. The molecule has 0 saturated heterocycles. The Labute approximate surface area is 116 Å². The Morgan fingerprint density at radius 3 is 2.94 bits per heavy atom. The second-order valence-corrected chi connectivity index (χ2v) is 4.74. The Hall–Kier alpha value is -1.60. The molecule has 0 amide bonds. The standard InChI is InChI=1S/C11H9BrN4OS/c1-7-10(17)16(11(18)15-14-7)13-6-8-4-2-3-5-9(8)12/h2-6H,1H3,(H,15,18)/b13-6-. The highest BCUT2D eigenvalue weighted by Crippen LogP contribution is 2.13. The molecule has 5 nitrogen and oxygen atoms in total. The van der Waals surface area contributed by atoms with Gasteiger partial charge in [-0.15, -0.1) is 0 Å². The molecule has 0 radical (unpaired) electrons. The highest BCUT2D eigenvalue weighted by atomic mass is 79.9. The van der Waals surface area contributed by atoms with Gasteiger partial charge in [-0.2, -0.15) is 14.9 Å². The van der Waals surface area contributed by atoms with Gasteiger partial charge in [0.25, 0.3) is 5.56 Å². The zero-order chi connectivity index (χ0) is 13.1. The smallest absolute Gasteiger partial charge is 0.265 e. The monoisotopic (exact) mass is 324 g/mol. The normalized spacial score (nSPS) is 11.0. The molecule has 0 atom stereocenters. The fraction of sp³-hybridized carbons (Fsp3) is 0.0909. The second kappa shape index (κ2) is 5.36. The highest BCUT2D eigenvalue weighted by molar-refractivity contribution is 9.10. The fourth-order valence-electron chi connectivity index (χ4n) is 1.28. The summed E-state index contributed by atoms with van der Waals surface area (Å²) in [5.74, 6) is 0. The summed E-state index contributed by atoms with van der Waals surface area (Å²) in [6.07, 6.45) is 1.56. The molecular formula is C11H9BrN4OS. The zero-order valence-electron chi connectivity index (χ0n) is 9.42. The summed E-state index contributed by atoms with van der Waals surface area (Å²) in [5.41, 5.74) is 0.836. The Morgan fingerprint density at radius 1 is 1.50 bits per heavy atom. The van der Waals surface area contributed by atoms with Gasteiger partial charge in [0.1, 0.15) is 5.69 Å². The van der Waals surface area contributed by atoms with Crippen LogP contribution in [-0.4, -0.2) is 21.1 Å². The van der Waals surface area contributed by atoms with Crippen LogP contribution in [0.3, 0.4) is 0 Å². The molecule has 0 spiro atoms. The SMILES string of the molecule is Cc1n[nH]c(=S)n(/N=C\c2ccccc2Br)c1=O. The molecule has 2 rings (SSSR count). The van der Waals surface area contributed by atoms with Crippen LogP contribution in [0.25, 0.3) is 0 Å². The first-order valence-corrected chi connectivity index (χ1v) is 6.27. The molecular weight excluding hydrogens is 316 g/mol. The van der Waals surface area contributed by atoms with Crippen molar-refractivity contribution in [1.82, 2.24) is 14.9 Å². The number of hydrogen-bond acceptors (Lipinski definition) is 4. The van der Waals surface area contributed by atoms with Gasteiger partial charge in [-0.05, 0) is 25.2 Å². The summed E-state index contributed by atoms with van der Waals surface area (Å²) in [7, 11) is 0. The van der Waals surface area contributed by atoms with Crippen molar-refractivity contribution in [3.63, 3.8) is 0 Å². The van der Waals surface area contributed by atoms with Crippen molar-refractivity contribution in [2.45, 2.75) is 6.92 Å². The molecule has 0 unspecified atom stereocenters. The molecule has 1 aromatic carbocycles. The Bertz CT molecular complexity index is 719. The number of halogens is 1. The van der Waals surface area contributed by atoms with E-state index in [4.69, 9.17) is 12.2 Å². The largest absolute Gasteiger partial charge is 0.296 e. The maximum atomic E-state index is 11.8. The molecule has 0 fully saturated rings. The Kier molecular flexibility index (Phi) is 3.83. The Morgan fingerprint density at radius 2 is 2.22 bits per heavy atom. The van der Waals surface area contributed by atoms with Crippen molar-refractivity contribution >= 4 is 34.4 Å². The summed E-state index contributed by atoms with van der Waals surface area (Å²) in [6.45, 7) is 1.60. The summed E-state index contributed by atoms with van der Waals surface area (Å²) < 4.78 is 2.16. The molecule has 92 valence electrons. The zero-order valence-corrected chi connectivity index (χ0v) is 11.8. The number of H-pyrrole nitrogens is 1. The molecule has 7 heteroatoms. The van der Waals surface area contributed by atoms with Gasteiger partial charge >= 0.3 is 0 Å². The third-order valence-electron chi connectivity index (χ3n) is 2.23. The number of aromatic amines is 1. The van der Waals surface area contributed by atoms with Crippen molar-refractivity contribution in [2.75, 3.05) is 0 Å². The van der Waals surface area contributed by atoms with Gasteiger partial charge < -0.3 is 0 Å². The van der Waals surface area contributed by atoms with Crippen molar-refractivity contribution in [3.05, 3.63) is 55.1 Å². The van der Waals surface area contributed by atoms with Gasteiger partial charge in [-0.25, -0.2) is 0 Å². The van der Waals surface area contributed by atoms with E-state index in [0.29, 0.717) is 5.69 Å². The predicted octanol–water partition coefficient (Wildman–Crippen LogP) is 2.25.